The van der Waals surface area contributed by atoms with Crippen LogP contribution in [0.3, 0.4) is 0 Å². The zero-order valence-electron chi connectivity index (χ0n) is 15.8. The number of hydrogen-bond acceptors (Lipinski definition) is 6. The van der Waals surface area contributed by atoms with Gasteiger partial charge in [-0.15, -0.1) is 11.3 Å². The quantitative estimate of drug-likeness (QED) is 0.497. The molecule has 6 nitrogen and oxygen atoms in total. The van der Waals surface area contributed by atoms with Crippen LogP contribution >= 0.6 is 11.3 Å². The standard InChI is InChI=1S/C22H17N3O3S2/c26-30(27,21-10-9-20(29-21)19-12-14-28-24-19)25-17-7-5-16(6-8-17)22-18-4-2-1-3-15(18)11-13-23-22/h1-10,12,14,25H,11,13H2. The number of rotatable bonds is 5. The highest BCUT2D eigenvalue weighted by atomic mass is 32.2. The molecule has 0 saturated heterocycles. The monoisotopic (exact) mass is 435 g/mol. The minimum absolute atomic E-state index is 0.218. The molecule has 1 aliphatic heterocycles. The number of thiophene rings is 1. The average molecular weight is 436 g/mol. The highest BCUT2D eigenvalue weighted by Gasteiger charge is 2.19. The van der Waals surface area contributed by atoms with Crippen molar-refractivity contribution < 1.29 is 12.9 Å². The largest absolute Gasteiger partial charge is 0.364 e. The number of nitrogens with zero attached hydrogens (tertiary/aromatic N) is 2. The van der Waals surface area contributed by atoms with Crippen molar-refractivity contribution in [3.8, 4) is 10.6 Å². The van der Waals surface area contributed by atoms with Gasteiger partial charge in [0.1, 0.15) is 16.2 Å². The molecular weight excluding hydrogens is 418 g/mol. The summed E-state index contributed by atoms with van der Waals surface area (Å²) < 4.78 is 33.2. The first-order chi connectivity index (χ1) is 14.6. The van der Waals surface area contributed by atoms with Crippen molar-refractivity contribution in [1.82, 2.24) is 5.16 Å². The first-order valence-corrected chi connectivity index (χ1v) is 11.7. The van der Waals surface area contributed by atoms with Gasteiger partial charge in [0.2, 0.25) is 0 Å². The van der Waals surface area contributed by atoms with E-state index in [2.05, 4.69) is 27.0 Å². The summed E-state index contributed by atoms with van der Waals surface area (Å²) in [6.45, 7) is 0.757. The van der Waals surface area contributed by atoms with Crippen LogP contribution in [0.4, 0.5) is 5.69 Å². The molecule has 8 heteroatoms. The molecule has 2 aromatic carbocycles. The van der Waals surface area contributed by atoms with Crippen LogP contribution in [-0.4, -0.2) is 25.8 Å². The van der Waals surface area contributed by atoms with Crippen LogP contribution in [0.1, 0.15) is 16.7 Å². The zero-order valence-corrected chi connectivity index (χ0v) is 17.4. The highest BCUT2D eigenvalue weighted by molar-refractivity contribution is 7.94. The summed E-state index contributed by atoms with van der Waals surface area (Å²) in [6, 6.07) is 20.6. The third-order valence-corrected chi connectivity index (χ3v) is 7.85. The van der Waals surface area contributed by atoms with E-state index in [0.717, 1.165) is 46.0 Å². The molecule has 3 heterocycles. The lowest BCUT2D eigenvalue weighted by Crippen LogP contribution is -2.14. The van der Waals surface area contributed by atoms with Gasteiger partial charge in [-0.3, -0.25) is 9.71 Å². The van der Waals surface area contributed by atoms with Gasteiger partial charge in [-0.05, 0) is 36.2 Å². The Labute approximate surface area is 178 Å². The van der Waals surface area contributed by atoms with Gasteiger partial charge in [0.25, 0.3) is 10.0 Å². The van der Waals surface area contributed by atoms with Crippen LogP contribution in [-0.2, 0) is 16.4 Å². The summed E-state index contributed by atoms with van der Waals surface area (Å²) in [5.74, 6) is 0. The molecule has 30 heavy (non-hydrogen) atoms. The maximum atomic E-state index is 12.8. The van der Waals surface area contributed by atoms with Crippen LogP contribution < -0.4 is 4.72 Å². The second-order valence-corrected chi connectivity index (χ2v) is 9.82. The van der Waals surface area contributed by atoms with Gasteiger partial charge < -0.3 is 4.52 Å². The lowest BCUT2D eigenvalue weighted by atomic mass is 9.93. The zero-order chi connectivity index (χ0) is 20.6. The topological polar surface area (TPSA) is 84.6 Å². The lowest BCUT2D eigenvalue weighted by molar-refractivity contribution is 0.422. The average Bonchev–Trinajstić information content (AvgIpc) is 3.46. The first-order valence-electron chi connectivity index (χ1n) is 9.37. The predicted molar refractivity (Wildman–Crippen MR) is 118 cm³/mol. The molecule has 5 rings (SSSR count). The fourth-order valence-electron chi connectivity index (χ4n) is 3.43. The van der Waals surface area contributed by atoms with Gasteiger partial charge in [0.15, 0.2) is 0 Å². The summed E-state index contributed by atoms with van der Waals surface area (Å²) in [5, 5.41) is 3.84. The number of fused-ring (bicyclic) bond motifs is 1. The van der Waals surface area contributed by atoms with Gasteiger partial charge in [-0.1, -0.05) is 41.6 Å². The van der Waals surface area contributed by atoms with E-state index in [4.69, 9.17) is 4.52 Å². The molecule has 0 radical (unpaired) electrons. The number of benzene rings is 2. The molecule has 0 aliphatic carbocycles. The van der Waals surface area contributed by atoms with Gasteiger partial charge in [-0.25, -0.2) is 8.42 Å². The van der Waals surface area contributed by atoms with Crippen molar-refractivity contribution in [3.05, 3.63) is 89.7 Å². The highest BCUT2D eigenvalue weighted by Crippen LogP contribution is 2.31. The summed E-state index contributed by atoms with van der Waals surface area (Å²) >= 11 is 1.14. The summed E-state index contributed by atoms with van der Waals surface area (Å²) in [4.78, 5) is 5.42. The summed E-state index contributed by atoms with van der Waals surface area (Å²) in [6.07, 6.45) is 2.40. The van der Waals surface area contributed by atoms with Crippen molar-refractivity contribution in [3.63, 3.8) is 0 Å². The Bertz CT molecular complexity index is 1320. The maximum absolute atomic E-state index is 12.8. The van der Waals surface area contributed by atoms with E-state index in [9.17, 15) is 8.42 Å². The van der Waals surface area contributed by atoms with Crippen molar-refractivity contribution in [2.75, 3.05) is 11.3 Å². The Balaban J connectivity index is 1.37. The Morgan fingerprint density at radius 3 is 2.60 bits per heavy atom. The van der Waals surface area contributed by atoms with Crippen LogP contribution in [0.5, 0.6) is 0 Å². The minimum atomic E-state index is -3.69. The van der Waals surface area contributed by atoms with Gasteiger partial charge in [0.05, 0.1) is 10.6 Å². The summed E-state index contributed by atoms with van der Waals surface area (Å²) in [5.41, 5.74) is 5.44. The van der Waals surface area contributed by atoms with E-state index in [-0.39, 0.29) is 4.21 Å². The SMILES string of the molecule is O=S(=O)(Nc1ccc(C2=NCCc3ccccc32)cc1)c1ccc(-c2ccon2)s1. The predicted octanol–water partition coefficient (Wildman–Crippen LogP) is 4.60. The lowest BCUT2D eigenvalue weighted by Gasteiger charge is -2.17. The molecule has 0 amide bonds. The molecule has 4 aromatic rings. The Kier molecular flexibility index (Phi) is 4.72. The molecule has 0 bridgehead atoms. The third-order valence-electron chi connectivity index (χ3n) is 4.87. The van der Waals surface area contributed by atoms with Crippen LogP contribution in [0, 0.1) is 0 Å². The molecule has 0 saturated carbocycles. The van der Waals surface area contributed by atoms with E-state index in [1.165, 1.54) is 11.8 Å². The number of nitrogens with one attached hydrogen (secondary N) is 1. The second-order valence-electron chi connectivity index (χ2n) is 6.82. The molecule has 2 aromatic heterocycles. The molecule has 0 spiro atoms. The summed E-state index contributed by atoms with van der Waals surface area (Å²) in [7, 11) is -3.69. The van der Waals surface area contributed by atoms with Gasteiger partial charge in [0, 0.05) is 29.4 Å². The van der Waals surface area contributed by atoms with Crippen molar-refractivity contribution in [2.45, 2.75) is 10.6 Å². The van der Waals surface area contributed by atoms with E-state index < -0.39 is 10.0 Å². The Hall–Kier alpha value is -3.23. The van der Waals surface area contributed by atoms with Crippen molar-refractivity contribution >= 4 is 32.8 Å². The molecule has 150 valence electrons. The van der Waals surface area contributed by atoms with Gasteiger partial charge in [-0.2, -0.15) is 0 Å². The van der Waals surface area contributed by atoms with Crippen LogP contribution in [0.15, 0.2) is 86.7 Å². The molecule has 0 unspecified atom stereocenters. The maximum Gasteiger partial charge on any atom is 0.271 e. The van der Waals surface area contributed by atoms with Crippen LogP contribution in [0.25, 0.3) is 10.6 Å². The van der Waals surface area contributed by atoms with Crippen LogP contribution in [0.2, 0.25) is 0 Å². The Morgan fingerprint density at radius 1 is 0.967 bits per heavy atom. The third kappa shape index (κ3) is 3.55. The second kappa shape index (κ2) is 7.55. The smallest absolute Gasteiger partial charge is 0.271 e. The first kappa shape index (κ1) is 18.8. The van der Waals surface area contributed by atoms with E-state index >= 15 is 0 Å². The molecule has 1 aliphatic rings. The number of aromatic nitrogens is 1. The van der Waals surface area contributed by atoms with E-state index in [0.29, 0.717) is 11.4 Å². The number of hydrogen-bond donors (Lipinski definition) is 1. The number of anilines is 1. The fraction of sp³-hybridized carbons (Fsp3) is 0.0909. The Morgan fingerprint density at radius 2 is 1.80 bits per heavy atom. The van der Waals surface area contributed by atoms with E-state index in [1.54, 1.807) is 30.3 Å². The number of aliphatic imine (C=N–C) groups is 1. The van der Waals surface area contributed by atoms with E-state index in [1.807, 2.05) is 24.3 Å². The molecule has 0 atom stereocenters. The molecule has 0 fully saturated rings. The van der Waals surface area contributed by atoms with Gasteiger partial charge >= 0.3 is 0 Å². The van der Waals surface area contributed by atoms with Crippen molar-refractivity contribution in [1.29, 1.82) is 0 Å². The fourth-order valence-corrected chi connectivity index (χ4v) is 5.76. The minimum Gasteiger partial charge on any atom is -0.364 e. The number of sulfonamides is 1. The van der Waals surface area contributed by atoms with Crippen molar-refractivity contribution in [2.24, 2.45) is 4.99 Å². The molecular formula is C22H17N3O3S2. The molecule has 1 N–H and O–H groups in total. The normalized spacial score (nSPS) is 13.5.